The standard InChI is InChI=1S/C10H12BrN3O4/c1-14-4-5(11)2-7(14)9(16)13-6(10(17)18)3-8(12)15/h2,4,6H,3H2,1H3,(H2,12,15)(H,13,16)(H,17,18)/t6-/m1/s1. The highest BCUT2D eigenvalue weighted by atomic mass is 79.9. The predicted molar refractivity (Wildman–Crippen MR) is 65.8 cm³/mol. The number of aromatic nitrogens is 1. The first kappa shape index (κ1) is 14.2. The second-order valence-corrected chi connectivity index (χ2v) is 4.60. The third-order valence-electron chi connectivity index (χ3n) is 2.21. The zero-order chi connectivity index (χ0) is 13.9. The fourth-order valence-electron chi connectivity index (χ4n) is 1.38. The second-order valence-electron chi connectivity index (χ2n) is 3.69. The summed E-state index contributed by atoms with van der Waals surface area (Å²) >= 11 is 3.20. The van der Waals surface area contributed by atoms with Crippen LogP contribution in [-0.4, -0.2) is 33.5 Å². The van der Waals surface area contributed by atoms with Crippen molar-refractivity contribution in [2.75, 3.05) is 0 Å². The molecule has 0 saturated heterocycles. The average Bonchev–Trinajstić information content (AvgIpc) is 2.56. The molecule has 1 aromatic heterocycles. The Labute approximate surface area is 111 Å². The molecule has 0 aliphatic carbocycles. The van der Waals surface area contributed by atoms with Crippen molar-refractivity contribution in [2.45, 2.75) is 12.5 Å². The Kier molecular flexibility index (Phi) is 4.49. The van der Waals surface area contributed by atoms with Crippen LogP contribution in [0.3, 0.4) is 0 Å². The van der Waals surface area contributed by atoms with E-state index in [1.54, 1.807) is 19.3 Å². The number of nitrogens with two attached hydrogens (primary N) is 1. The molecule has 1 rings (SSSR count). The summed E-state index contributed by atoms with van der Waals surface area (Å²) in [4.78, 5) is 33.4. The maximum absolute atomic E-state index is 11.8. The van der Waals surface area contributed by atoms with Gasteiger partial charge in [0.15, 0.2) is 0 Å². The third kappa shape index (κ3) is 3.59. The minimum Gasteiger partial charge on any atom is -0.480 e. The summed E-state index contributed by atoms with van der Waals surface area (Å²) < 4.78 is 2.22. The topological polar surface area (TPSA) is 114 Å². The number of nitrogens with one attached hydrogen (secondary N) is 1. The molecule has 0 bridgehead atoms. The number of carbonyl (C=O) groups is 3. The van der Waals surface area contributed by atoms with Gasteiger partial charge in [-0.2, -0.15) is 0 Å². The zero-order valence-corrected chi connectivity index (χ0v) is 11.1. The molecule has 1 atom stereocenters. The van der Waals surface area contributed by atoms with Gasteiger partial charge < -0.3 is 20.7 Å². The molecular formula is C10H12BrN3O4. The van der Waals surface area contributed by atoms with Gasteiger partial charge in [0.2, 0.25) is 5.91 Å². The first-order valence-corrected chi connectivity index (χ1v) is 5.74. The monoisotopic (exact) mass is 317 g/mol. The molecule has 2 amide bonds. The van der Waals surface area contributed by atoms with Crippen molar-refractivity contribution < 1.29 is 19.5 Å². The van der Waals surface area contributed by atoms with E-state index in [0.29, 0.717) is 4.47 Å². The molecule has 4 N–H and O–H groups in total. The van der Waals surface area contributed by atoms with Crippen LogP contribution in [0.5, 0.6) is 0 Å². The molecule has 0 aliphatic rings. The maximum atomic E-state index is 11.8. The van der Waals surface area contributed by atoms with Crippen molar-refractivity contribution in [3.8, 4) is 0 Å². The van der Waals surface area contributed by atoms with Gasteiger partial charge in [0.05, 0.1) is 6.42 Å². The summed E-state index contributed by atoms with van der Waals surface area (Å²) in [6.07, 6.45) is 1.20. The molecule has 0 saturated carbocycles. The smallest absolute Gasteiger partial charge is 0.326 e. The van der Waals surface area contributed by atoms with Crippen molar-refractivity contribution in [1.29, 1.82) is 0 Å². The van der Waals surface area contributed by atoms with Crippen LogP contribution in [0.2, 0.25) is 0 Å². The highest BCUT2D eigenvalue weighted by molar-refractivity contribution is 9.10. The molecule has 0 aromatic carbocycles. The lowest BCUT2D eigenvalue weighted by molar-refractivity contribution is -0.140. The number of halogens is 1. The number of aliphatic carboxylic acids is 1. The lowest BCUT2D eigenvalue weighted by atomic mass is 10.2. The van der Waals surface area contributed by atoms with Crippen LogP contribution in [0, 0.1) is 0 Å². The molecule has 0 unspecified atom stereocenters. The van der Waals surface area contributed by atoms with Crippen LogP contribution in [0.15, 0.2) is 16.7 Å². The minimum absolute atomic E-state index is 0.276. The number of amides is 2. The van der Waals surface area contributed by atoms with E-state index in [4.69, 9.17) is 10.8 Å². The van der Waals surface area contributed by atoms with Gasteiger partial charge in [-0.25, -0.2) is 4.79 Å². The number of hydrogen-bond acceptors (Lipinski definition) is 3. The summed E-state index contributed by atoms with van der Waals surface area (Å²) in [5.41, 5.74) is 5.19. The van der Waals surface area contributed by atoms with Crippen molar-refractivity contribution in [2.24, 2.45) is 12.8 Å². The minimum atomic E-state index is -1.33. The molecule has 0 spiro atoms. The van der Waals surface area contributed by atoms with Crippen LogP contribution in [0.25, 0.3) is 0 Å². The molecule has 0 fully saturated rings. The Balaban J connectivity index is 2.81. The summed E-state index contributed by atoms with van der Waals surface area (Å²) in [7, 11) is 1.64. The van der Waals surface area contributed by atoms with E-state index >= 15 is 0 Å². The Morgan fingerprint density at radius 1 is 1.56 bits per heavy atom. The van der Waals surface area contributed by atoms with Gasteiger partial charge in [0, 0.05) is 17.7 Å². The van der Waals surface area contributed by atoms with Crippen LogP contribution in [0.4, 0.5) is 0 Å². The summed E-state index contributed by atoms with van der Waals surface area (Å²) in [5, 5.41) is 11.1. The molecule has 1 heterocycles. The Morgan fingerprint density at radius 2 is 2.17 bits per heavy atom. The van der Waals surface area contributed by atoms with Crippen molar-refractivity contribution >= 4 is 33.7 Å². The van der Waals surface area contributed by atoms with Gasteiger partial charge >= 0.3 is 5.97 Å². The summed E-state index contributed by atoms with van der Waals surface area (Å²) in [6, 6.07) is 0.210. The Bertz CT molecular complexity index is 497. The largest absolute Gasteiger partial charge is 0.480 e. The zero-order valence-electron chi connectivity index (χ0n) is 9.51. The highest BCUT2D eigenvalue weighted by Crippen LogP contribution is 2.13. The van der Waals surface area contributed by atoms with E-state index in [1.165, 1.54) is 4.57 Å². The van der Waals surface area contributed by atoms with E-state index in [1.807, 2.05) is 0 Å². The van der Waals surface area contributed by atoms with Crippen molar-refractivity contribution in [1.82, 2.24) is 9.88 Å². The van der Waals surface area contributed by atoms with Gasteiger partial charge in [0.25, 0.3) is 5.91 Å². The first-order chi connectivity index (χ1) is 8.31. The molecule has 8 heteroatoms. The number of nitrogens with zero attached hydrogens (tertiary/aromatic N) is 1. The number of primary amides is 1. The van der Waals surface area contributed by atoms with Crippen LogP contribution in [-0.2, 0) is 16.6 Å². The molecule has 7 nitrogen and oxygen atoms in total. The van der Waals surface area contributed by atoms with Gasteiger partial charge in [-0.3, -0.25) is 9.59 Å². The molecule has 1 aromatic rings. The van der Waals surface area contributed by atoms with Crippen molar-refractivity contribution in [3.63, 3.8) is 0 Å². The molecule has 18 heavy (non-hydrogen) atoms. The fourth-order valence-corrected chi connectivity index (χ4v) is 1.91. The SMILES string of the molecule is Cn1cc(Br)cc1C(=O)N[C@H](CC(N)=O)C(=O)O. The number of rotatable bonds is 5. The Morgan fingerprint density at radius 3 is 2.56 bits per heavy atom. The van der Waals surface area contributed by atoms with Crippen LogP contribution >= 0.6 is 15.9 Å². The fraction of sp³-hybridized carbons (Fsp3) is 0.300. The predicted octanol–water partition coefficient (Wildman–Crippen LogP) is -0.154. The number of carboxylic acid groups (broad SMARTS) is 1. The number of carboxylic acids is 1. The lowest BCUT2D eigenvalue weighted by Gasteiger charge is -2.12. The van der Waals surface area contributed by atoms with Crippen LogP contribution < -0.4 is 11.1 Å². The van der Waals surface area contributed by atoms with Gasteiger partial charge in [-0.05, 0) is 22.0 Å². The summed E-state index contributed by atoms with van der Waals surface area (Å²) in [6.45, 7) is 0. The average molecular weight is 318 g/mol. The van der Waals surface area contributed by atoms with Gasteiger partial charge in [0.1, 0.15) is 11.7 Å². The second kappa shape index (κ2) is 5.67. The summed E-state index contributed by atoms with van der Waals surface area (Å²) in [5.74, 6) is -2.69. The molecule has 0 radical (unpaired) electrons. The molecular weight excluding hydrogens is 306 g/mol. The number of hydrogen-bond donors (Lipinski definition) is 3. The first-order valence-electron chi connectivity index (χ1n) is 4.95. The number of carbonyl (C=O) groups excluding carboxylic acids is 2. The van der Waals surface area contributed by atoms with E-state index in [-0.39, 0.29) is 5.69 Å². The molecule has 0 aliphatic heterocycles. The lowest BCUT2D eigenvalue weighted by Crippen LogP contribution is -2.43. The number of aryl methyl sites for hydroxylation is 1. The molecule has 98 valence electrons. The highest BCUT2D eigenvalue weighted by Gasteiger charge is 2.23. The normalized spacial score (nSPS) is 11.9. The van der Waals surface area contributed by atoms with Gasteiger partial charge in [-0.15, -0.1) is 0 Å². The van der Waals surface area contributed by atoms with E-state index in [0.717, 1.165) is 0 Å². The van der Waals surface area contributed by atoms with E-state index < -0.39 is 30.2 Å². The van der Waals surface area contributed by atoms with Crippen molar-refractivity contribution in [3.05, 3.63) is 22.4 Å². The quantitative estimate of drug-likeness (QED) is 0.700. The van der Waals surface area contributed by atoms with Crippen LogP contribution in [0.1, 0.15) is 16.9 Å². The van der Waals surface area contributed by atoms with E-state index in [9.17, 15) is 14.4 Å². The van der Waals surface area contributed by atoms with Gasteiger partial charge in [-0.1, -0.05) is 0 Å². The third-order valence-corrected chi connectivity index (χ3v) is 2.65. The maximum Gasteiger partial charge on any atom is 0.326 e. The van der Waals surface area contributed by atoms with E-state index in [2.05, 4.69) is 21.2 Å². The Hall–Kier alpha value is -1.83.